The number of sulfonamides is 1. The van der Waals surface area contributed by atoms with E-state index in [1.807, 2.05) is 6.92 Å². The molecule has 3 rings (SSSR count). The average Bonchev–Trinajstić information content (AvgIpc) is 2.95. The fraction of sp³-hybridized carbons (Fsp3) is 0.333. The third-order valence-electron chi connectivity index (χ3n) is 6.78. The monoisotopic (exact) mass is 691 g/mol. The fourth-order valence-corrected chi connectivity index (χ4v) is 6.30. The molecule has 238 valence electrons. The zero-order chi connectivity index (χ0) is 32.8. The number of amides is 2. The molecule has 0 aliphatic rings. The van der Waals surface area contributed by atoms with Gasteiger partial charge in [0.1, 0.15) is 12.6 Å². The van der Waals surface area contributed by atoms with Crippen molar-refractivity contribution in [2.24, 2.45) is 0 Å². The molecule has 0 radical (unpaired) electrons. The van der Waals surface area contributed by atoms with Gasteiger partial charge in [0, 0.05) is 23.1 Å². The van der Waals surface area contributed by atoms with E-state index >= 15 is 0 Å². The number of benzene rings is 3. The highest BCUT2D eigenvalue weighted by atomic mass is 35.5. The van der Waals surface area contributed by atoms with Crippen LogP contribution in [-0.4, -0.2) is 44.3 Å². The molecule has 0 aliphatic carbocycles. The van der Waals surface area contributed by atoms with E-state index in [1.54, 1.807) is 13.0 Å². The maximum Gasteiger partial charge on any atom is 0.417 e. The minimum atomic E-state index is -4.90. The first-order chi connectivity index (χ1) is 20.6. The molecule has 0 spiro atoms. The molecule has 1 N–H and O–H groups in total. The number of aryl methyl sites for hydroxylation is 1. The Morgan fingerprint density at radius 3 is 2.20 bits per heavy atom. The van der Waals surface area contributed by atoms with Crippen molar-refractivity contribution >= 4 is 62.3 Å². The summed E-state index contributed by atoms with van der Waals surface area (Å²) in [6.45, 7) is 4.34. The lowest BCUT2D eigenvalue weighted by Crippen LogP contribution is -2.51. The molecule has 2 amide bonds. The fourth-order valence-electron chi connectivity index (χ4n) is 4.20. The van der Waals surface area contributed by atoms with E-state index in [2.05, 4.69) is 5.32 Å². The topological polar surface area (TPSA) is 86.8 Å². The standard InChI is InChI=1S/C30H31Cl3F3N3O4S/c1-4-5-14-37-29(41)20(3)38(17-21-8-9-22(31)15-27(21)33)28(40)18-39(44(42,43)24-11-6-19(2)7-12-24)23-10-13-26(32)25(16-23)30(34,35)36/h6-13,15-16,20H,4-5,14,17-18H2,1-3H3,(H,37,41)/t20-/m1/s1. The minimum Gasteiger partial charge on any atom is -0.354 e. The highest BCUT2D eigenvalue weighted by Gasteiger charge is 2.37. The Balaban J connectivity index is 2.12. The zero-order valence-corrected chi connectivity index (χ0v) is 27.2. The predicted octanol–water partition coefficient (Wildman–Crippen LogP) is 7.50. The summed E-state index contributed by atoms with van der Waals surface area (Å²) in [5.74, 6) is -1.37. The SMILES string of the molecule is CCCCNC(=O)[C@@H](C)N(Cc1ccc(Cl)cc1Cl)C(=O)CN(c1ccc(Cl)c(C(F)(F)F)c1)S(=O)(=O)c1ccc(C)cc1. The van der Waals surface area contributed by atoms with E-state index in [4.69, 9.17) is 34.8 Å². The van der Waals surface area contributed by atoms with Gasteiger partial charge in [-0.2, -0.15) is 13.2 Å². The molecule has 0 aliphatic heterocycles. The molecule has 1 atom stereocenters. The first-order valence-corrected chi connectivity index (χ1v) is 16.1. The maximum atomic E-state index is 14.0. The second-order valence-electron chi connectivity index (χ2n) is 10.1. The number of halogens is 6. The van der Waals surface area contributed by atoms with Gasteiger partial charge in [-0.25, -0.2) is 8.42 Å². The Morgan fingerprint density at radius 1 is 0.955 bits per heavy atom. The van der Waals surface area contributed by atoms with Crippen LogP contribution in [0.4, 0.5) is 18.9 Å². The number of alkyl halides is 3. The number of nitrogens with one attached hydrogen (secondary N) is 1. The number of carbonyl (C=O) groups is 2. The summed E-state index contributed by atoms with van der Waals surface area (Å²) < 4.78 is 69.7. The number of rotatable bonds is 12. The zero-order valence-electron chi connectivity index (χ0n) is 24.1. The third-order valence-corrected chi connectivity index (χ3v) is 9.49. The highest BCUT2D eigenvalue weighted by Crippen LogP contribution is 2.38. The van der Waals surface area contributed by atoms with Crippen molar-refractivity contribution in [3.05, 3.63) is 92.4 Å². The molecule has 0 heterocycles. The van der Waals surface area contributed by atoms with Gasteiger partial charge >= 0.3 is 6.18 Å². The molecule has 0 aromatic heterocycles. The van der Waals surface area contributed by atoms with Gasteiger partial charge in [0.05, 0.1) is 21.2 Å². The molecule has 0 bridgehead atoms. The predicted molar refractivity (Wildman–Crippen MR) is 167 cm³/mol. The lowest BCUT2D eigenvalue weighted by molar-refractivity contribution is -0.139. The summed E-state index contributed by atoms with van der Waals surface area (Å²) in [5.41, 5.74) is -0.565. The van der Waals surface area contributed by atoms with Crippen LogP contribution in [0.15, 0.2) is 65.6 Å². The molecule has 44 heavy (non-hydrogen) atoms. The van der Waals surface area contributed by atoms with Crippen LogP contribution in [0, 0.1) is 6.92 Å². The van der Waals surface area contributed by atoms with Crippen LogP contribution in [-0.2, 0) is 32.3 Å². The Labute approximate surface area is 269 Å². The molecule has 3 aromatic rings. The van der Waals surface area contributed by atoms with Crippen molar-refractivity contribution in [3.8, 4) is 0 Å². The number of hydrogen-bond acceptors (Lipinski definition) is 4. The maximum absolute atomic E-state index is 14.0. The number of carbonyl (C=O) groups excluding carboxylic acids is 2. The van der Waals surface area contributed by atoms with Crippen molar-refractivity contribution in [2.45, 2.75) is 57.3 Å². The second kappa shape index (κ2) is 14.9. The Bertz CT molecular complexity index is 1600. The van der Waals surface area contributed by atoms with E-state index in [-0.39, 0.29) is 16.5 Å². The van der Waals surface area contributed by atoms with Gasteiger partial charge in [0.2, 0.25) is 11.8 Å². The number of nitrogens with zero attached hydrogens (tertiary/aromatic N) is 2. The summed E-state index contributed by atoms with van der Waals surface area (Å²) in [5, 5.41) is 2.64. The quantitative estimate of drug-likeness (QED) is 0.199. The minimum absolute atomic E-state index is 0.200. The Morgan fingerprint density at radius 2 is 1.61 bits per heavy atom. The van der Waals surface area contributed by atoms with E-state index in [1.165, 1.54) is 43.3 Å². The van der Waals surface area contributed by atoms with E-state index in [0.717, 1.165) is 29.0 Å². The first kappa shape index (κ1) is 35.5. The van der Waals surface area contributed by atoms with Crippen LogP contribution >= 0.6 is 34.8 Å². The Kier molecular flexibility index (Phi) is 12.0. The third kappa shape index (κ3) is 8.80. The number of anilines is 1. The lowest BCUT2D eigenvalue weighted by atomic mass is 10.1. The molecular weight excluding hydrogens is 662 g/mol. The van der Waals surface area contributed by atoms with Gasteiger partial charge in [-0.1, -0.05) is 71.9 Å². The van der Waals surface area contributed by atoms with Crippen LogP contribution in [0.2, 0.25) is 15.1 Å². The van der Waals surface area contributed by atoms with Crippen LogP contribution in [0.25, 0.3) is 0 Å². The summed E-state index contributed by atoms with van der Waals surface area (Å²) >= 11 is 18.2. The molecule has 0 saturated carbocycles. The summed E-state index contributed by atoms with van der Waals surface area (Å²) in [7, 11) is -4.59. The summed E-state index contributed by atoms with van der Waals surface area (Å²) in [6, 6.07) is 11.6. The van der Waals surface area contributed by atoms with E-state index in [9.17, 15) is 31.2 Å². The molecule has 7 nitrogen and oxygen atoms in total. The highest BCUT2D eigenvalue weighted by molar-refractivity contribution is 7.92. The van der Waals surface area contributed by atoms with Gasteiger partial charge in [-0.3, -0.25) is 13.9 Å². The molecule has 0 saturated heterocycles. The number of hydrogen-bond donors (Lipinski definition) is 1. The van der Waals surface area contributed by atoms with Gasteiger partial charge in [-0.15, -0.1) is 0 Å². The first-order valence-electron chi connectivity index (χ1n) is 13.5. The summed E-state index contributed by atoms with van der Waals surface area (Å²) in [4.78, 5) is 27.9. The van der Waals surface area contributed by atoms with Crippen molar-refractivity contribution < 1.29 is 31.2 Å². The van der Waals surface area contributed by atoms with Gasteiger partial charge in [0.15, 0.2) is 0 Å². The van der Waals surface area contributed by atoms with E-state index < -0.39 is 56.9 Å². The van der Waals surface area contributed by atoms with Gasteiger partial charge < -0.3 is 10.2 Å². The molecule has 0 unspecified atom stereocenters. The normalized spacial score (nSPS) is 12.5. The summed E-state index contributed by atoms with van der Waals surface area (Å²) in [6.07, 6.45) is -3.40. The van der Waals surface area contributed by atoms with Gasteiger partial charge in [-0.05, 0) is 68.3 Å². The van der Waals surface area contributed by atoms with Crippen LogP contribution in [0.3, 0.4) is 0 Å². The van der Waals surface area contributed by atoms with Crippen LogP contribution < -0.4 is 9.62 Å². The van der Waals surface area contributed by atoms with Crippen molar-refractivity contribution in [3.63, 3.8) is 0 Å². The number of unbranched alkanes of at least 4 members (excludes halogenated alkanes) is 1. The molecule has 14 heteroatoms. The van der Waals surface area contributed by atoms with Crippen molar-refractivity contribution in [1.29, 1.82) is 0 Å². The van der Waals surface area contributed by atoms with Crippen LogP contribution in [0.1, 0.15) is 43.4 Å². The Hall–Kier alpha value is -2.99. The van der Waals surface area contributed by atoms with E-state index in [0.29, 0.717) is 33.9 Å². The van der Waals surface area contributed by atoms with Crippen LogP contribution in [0.5, 0.6) is 0 Å². The molecule has 3 aromatic carbocycles. The van der Waals surface area contributed by atoms with Crippen molar-refractivity contribution in [1.82, 2.24) is 10.2 Å². The molecular formula is C30H31Cl3F3N3O4S. The van der Waals surface area contributed by atoms with Crippen molar-refractivity contribution in [2.75, 3.05) is 17.4 Å². The van der Waals surface area contributed by atoms with Gasteiger partial charge in [0.25, 0.3) is 10.0 Å². The smallest absolute Gasteiger partial charge is 0.354 e. The lowest BCUT2D eigenvalue weighted by Gasteiger charge is -2.32. The molecule has 0 fully saturated rings. The second-order valence-corrected chi connectivity index (χ2v) is 13.2. The average molecular weight is 693 g/mol. The largest absolute Gasteiger partial charge is 0.417 e.